The lowest BCUT2D eigenvalue weighted by molar-refractivity contribution is 1.43. The molecule has 0 aliphatic heterocycles. The van der Waals surface area contributed by atoms with Crippen molar-refractivity contribution in [2.24, 2.45) is 0 Å². The molecule has 0 unspecified atom stereocenters. The normalized spacial score (nSPS) is 8.42. The van der Waals surface area contributed by atoms with Crippen molar-refractivity contribution in [3.05, 3.63) is 53.0 Å². The largest absolute Gasteiger partial charge is 0.253 e. The molecule has 2 heteroatoms. The smallest absolute Gasteiger partial charge is 0.0791 e. The van der Waals surface area contributed by atoms with Crippen molar-refractivity contribution in [3.8, 4) is 0 Å². The summed E-state index contributed by atoms with van der Waals surface area (Å²) in [5.74, 6) is 0. The van der Waals surface area contributed by atoms with Crippen LogP contribution in [0.5, 0.6) is 0 Å². The molecule has 0 aliphatic rings. The zero-order chi connectivity index (χ0) is 8.65. The molecule has 2 aromatic rings. The minimum absolute atomic E-state index is 1.32. The second kappa shape index (κ2) is 5.49. The van der Waals surface area contributed by atoms with Gasteiger partial charge in [0.15, 0.2) is 0 Å². The van der Waals surface area contributed by atoms with Crippen molar-refractivity contribution >= 4 is 11.3 Å². The van der Waals surface area contributed by atoms with Gasteiger partial charge in [0.05, 0.1) is 5.51 Å². The molecule has 0 amide bonds. The molecule has 0 fully saturated rings. The molecular weight excluding hydrogens is 166 g/mol. The van der Waals surface area contributed by atoms with E-state index in [9.17, 15) is 0 Å². The maximum atomic E-state index is 3.74. The lowest BCUT2D eigenvalue weighted by atomic mass is 10.2. The van der Waals surface area contributed by atoms with E-state index in [1.54, 1.807) is 23.0 Å². The average Bonchev–Trinajstić information content (AvgIpc) is 2.62. The maximum Gasteiger partial charge on any atom is 0.0791 e. The Kier molecular flexibility index (Phi) is 4.09. The van der Waals surface area contributed by atoms with Crippen LogP contribution in [0.15, 0.2) is 47.4 Å². The molecule has 1 heterocycles. The van der Waals surface area contributed by atoms with Crippen molar-refractivity contribution in [1.29, 1.82) is 0 Å². The van der Waals surface area contributed by atoms with Gasteiger partial charge in [0.25, 0.3) is 0 Å². The van der Waals surface area contributed by atoms with Crippen LogP contribution in [0, 0.1) is 6.92 Å². The molecule has 0 N–H and O–H groups in total. The first-order chi connectivity index (χ1) is 5.89. The van der Waals surface area contributed by atoms with Gasteiger partial charge in [0.1, 0.15) is 0 Å². The minimum Gasteiger partial charge on any atom is -0.253 e. The predicted octanol–water partition coefficient (Wildman–Crippen LogP) is 3.14. The number of hydrogen-bond donors (Lipinski definition) is 0. The molecule has 0 aliphatic carbocycles. The Balaban J connectivity index is 0.000000127. The van der Waals surface area contributed by atoms with Crippen LogP contribution in [0.1, 0.15) is 5.56 Å². The third-order valence-corrected chi connectivity index (χ3v) is 1.81. The van der Waals surface area contributed by atoms with E-state index >= 15 is 0 Å². The summed E-state index contributed by atoms with van der Waals surface area (Å²) in [6, 6.07) is 10.3. The fourth-order valence-corrected chi connectivity index (χ4v) is 1.06. The van der Waals surface area contributed by atoms with E-state index in [0.717, 1.165) is 0 Å². The van der Waals surface area contributed by atoms with Crippen LogP contribution in [0.25, 0.3) is 0 Å². The third kappa shape index (κ3) is 3.88. The number of aryl methyl sites for hydroxylation is 1. The lowest BCUT2D eigenvalue weighted by Gasteiger charge is -1.82. The summed E-state index contributed by atoms with van der Waals surface area (Å²) in [6.07, 6.45) is 1.77. The average molecular weight is 177 g/mol. The second-order valence-corrected chi connectivity index (χ2v) is 3.09. The molecule has 12 heavy (non-hydrogen) atoms. The zero-order valence-electron chi connectivity index (χ0n) is 6.97. The molecule has 0 atom stereocenters. The van der Waals surface area contributed by atoms with Gasteiger partial charge in [-0.05, 0) is 6.92 Å². The van der Waals surface area contributed by atoms with Gasteiger partial charge in [-0.3, -0.25) is 4.98 Å². The lowest BCUT2D eigenvalue weighted by Crippen LogP contribution is -1.62. The van der Waals surface area contributed by atoms with Crippen LogP contribution in [0.2, 0.25) is 0 Å². The zero-order valence-corrected chi connectivity index (χ0v) is 7.79. The standard InChI is InChI=1S/C7H8.C3H3NS/c1-7-5-3-2-4-6-7;1-2-5-3-4-1/h2-6H,1H3;1-3H. The van der Waals surface area contributed by atoms with E-state index in [0.29, 0.717) is 0 Å². The van der Waals surface area contributed by atoms with Gasteiger partial charge in [-0.15, -0.1) is 11.3 Å². The van der Waals surface area contributed by atoms with Gasteiger partial charge in [0, 0.05) is 11.6 Å². The van der Waals surface area contributed by atoms with Gasteiger partial charge in [0.2, 0.25) is 0 Å². The molecule has 0 bridgehead atoms. The van der Waals surface area contributed by atoms with Crippen LogP contribution in [-0.4, -0.2) is 4.98 Å². The molecule has 1 aromatic carbocycles. The van der Waals surface area contributed by atoms with E-state index < -0.39 is 0 Å². The quantitative estimate of drug-likeness (QED) is 0.602. The van der Waals surface area contributed by atoms with Gasteiger partial charge in [-0.25, -0.2) is 0 Å². The number of aromatic nitrogens is 1. The van der Waals surface area contributed by atoms with E-state index in [2.05, 4.69) is 24.0 Å². The molecule has 0 saturated carbocycles. The van der Waals surface area contributed by atoms with E-state index in [1.807, 2.05) is 23.6 Å². The van der Waals surface area contributed by atoms with Crippen molar-refractivity contribution in [2.45, 2.75) is 6.92 Å². The number of rotatable bonds is 0. The maximum absolute atomic E-state index is 3.74. The molecule has 0 radical (unpaired) electrons. The minimum atomic E-state index is 1.32. The molecular formula is C10H11NS. The molecule has 1 nitrogen and oxygen atoms in total. The Bertz CT molecular complexity index is 259. The van der Waals surface area contributed by atoms with Crippen molar-refractivity contribution < 1.29 is 0 Å². The van der Waals surface area contributed by atoms with E-state index in [1.165, 1.54) is 5.56 Å². The molecule has 1 aromatic heterocycles. The van der Waals surface area contributed by atoms with Gasteiger partial charge in [-0.1, -0.05) is 35.9 Å². The summed E-state index contributed by atoms with van der Waals surface area (Å²) in [4.78, 5) is 3.74. The number of thiazole rings is 1. The third-order valence-electron chi connectivity index (χ3n) is 1.29. The fraction of sp³-hybridized carbons (Fsp3) is 0.100. The van der Waals surface area contributed by atoms with Gasteiger partial charge in [-0.2, -0.15) is 0 Å². The summed E-state index contributed by atoms with van der Waals surface area (Å²) in [5, 5.41) is 1.93. The van der Waals surface area contributed by atoms with Crippen molar-refractivity contribution in [1.82, 2.24) is 4.98 Å². The van der Waals surface area contributed by atoms with Crippen molar-refractivity contribution in [2.75, 3.05) is 0 Å². The first-order valence-corrected chi connectivity index (χ1v) is 4.67. The molecule has 0 spiro atoms. The summed E-state index contributed by atoms with van der Waals surface area (Å²) < 4.78 is 0. The molecule has 2 rings (SSSR count). The summed E-state index contributed by atoms with van der Waals surface area (Å²) in [7, 11) is 0. The number of hydrogen-bond acceptors (Lipinski definition) is 2. The highest BCUT2D eigenvalue weighted by Crippen LogP contribution is 1.92. The van der Waals surface area contributed by atoms with E-state index in [4.69, 9.17) is 0 Å². The van der Waals surface area contributed by atoms with Crippen LogP contribution in [0.3, 0.4) is 0 Å². The highest BCUT2D eigenvalue weighted by Gasteiger charge is 1.72. The predicted molar refractivity (Wildman–Crippen MR) is 53.3 cm³/mol. The Morgan fingerprint density at radius 1 is 1.17 bits per heavy atom. The van der Waals surface area contributed by atoms with Crippen LogP contribution in [0.4, 0.5) is 0 Å². The van der Waals surface area contributed by atoms with Crippen LogP contribution in [-0.2, 0) is 0 Å². The summed E-state index contributed by atoms with van der Waals surface area (Å²) >= 11 is 1.60. The number of nitrogens with zero attached hydrogens (tertiary/aromatic N) is 1. The monoisotopic (exact) mass is 177 g/mol. The first-order valence-electron chi connectivity index (χ1n) is 3.73. The van der Waals surface area contributed by atoms with Crippen molar-refractivity contribution in [3.63, 3.8) is 0 Å². The highest BCUT2D eigenvalue weighted by atomic mass is 32.1. The Hall–Kier alpha value is -1.15. The highest BCUT2D eigenvalue weighted by molar-refractivity contribution is 7.07. The van der Waals surface area contributed by atoms with Gasteiger partial charge >= 0.3 is 0 Å². The van der Waals surface area contributed by atoms with Gasteiger partial charge < -0.3 is 0 Å². The Morgan fingerprint density at radius 2 is 1.92 bits per heavy atom. The number of benzene rings is 1. The molecule has 0 saturated heterocycles. The Morgan fingerprint density at radius 3 is 2.17 bits per heavy atom. The topological polar surface area (TPSA) is 12.9 Å². The summed E-state index contributed by atoms with van der Waals surface area (Å²) in [6.45, 7) is 2.08. The second-order valence-electron chi connectivity index (χ2n) is 2.33. The van der Waals surface area contributed by atoms with Crippen LogP contribution < -0.4 is 0 Å². The SMILES string of the molecule is Cc1ccccc1.c1cscn1. The summed E-state index contributed by atoms with van der Waals surface area (Å²) in [5.41, 5.74) is 3.11. The first kappa shape index (κ1) is 8.94. The molecule has 62 valence electrons. The van der Waals surface area contributed by atoms with E-state index in [-0.39, 0.29) is 0 Å². The fourth-order valence-electron chi connectivity index (χ4n) is 0.710. The van der Waals surface area contributed by atoms with Crippen LogP contribution >= 0.6 is 11.3 Å². The Labute approximate surface area is 76.7 Å².